The molecule has 2 aliphatic rings. The summed E-state index contributed by atoms with van der Waals surface area (Å²) in [5.41, 5.74) is 0. The van der Waals surface area contributed by atoms with Gasteiger partial charge in [-0.3, -0.25) is 4.90 Å². The van der Waals surface area contributed by atoms with Crippen molar-refractivity contribution in [2.75, 3.05) is 30.8 Å². The van der Waals surface area contributed by atoms with Gasteiger partial charge in [0, 0.05) is 32.2 Å². The third-order valence-corrected chi connectivity index (χ3v) is 3.59. The molecule has 98 valence electrons. The molecule has 2 N–H and O–H groups in total. The van der Waals surface area contributed by atoms with Crippen LogP contribution in [-0.4, -0.2) is 47.1 Å². The summed E-state index contributed by atoms with van der Waals surface area (Å²) in [6, 6.07) is 1.07. The van der Waals surface area contributed by atoms with Gasteiger partial charge < -0.3 is 10.6 Å². The molecule has 3 rings (SSSR count). The summed E-state index contributed by atoms with van der Waals surface area (Å²) in [5, 5.41) is 6.01. The van der Waals surface area contributed by atoms with Crippen molar-refractivity contribution in [3.05, 3.63) is 12.0 Å². The first-order valence-electron chi connectivity index (χ1n) is 6.47. The SMILES string of the molecule is CNc1ncc(F)c(NC2CCN(C3CC3)C2)n1. The minimum Gasteiger partial charge on any atom is -0.363 e. The monoisotopic (exact) mass is 251 g/mol. The molecule has 1 aromatic rings. The van der Waals surface area contributed by atoms with Gasteiger partial charge in [0.15, 0.2) is 11.6 Å². The van der Waals surface area contributed by atoms with Crippen LogP contribution in [0.1, 0.15) is 19.3 Å². The molecule has 2 fully saturated rings. The van der Waals surface area contributed by atoms with E-state index in [1.807, 2.05) is 0 Å². The number of likely N-dealkylation sites (tertiary alicyclic amines) is 1. The largest absolute Gasteiger partial charge is 0.363 e. The van der Waals surface area contributed by atoms with Gasteiger partial charge in [-0.15, -0.1) is 0 Å². The van der Waals surface area contributed by atoms with Crippen LogP contribution >= 0.6 is 0 Å². The van der Waals surface area contributed by atoms with Crippen molar-refractivity contribution in [3.63, 3.8) is 0 Å². The first-order valence-corrected chi connectivity index (χ1v) is 6.47. The Labute approximate surface area is 106 Å². The first kappa shape index (κ1) is 11.6. The van der Waals surface area contributed by atoms with Gasteiger partial charge in [-0.25, -0.2) is 9.37 Å². The van der Waals surface area contributed by atoms with Crippen LogP contribution in [0.25, 0.3) is 0 Å². The lowest BCUT2D eigenvalue weighted by Crippen LogP contribution is -2.28. The van der Waals surface area contributed by atoms with Crippen molar-refractivity contribution < 1.29 is 4.39 Å². The van der Waals surface area contributed by atoms with E-state index in [9.17, 15) is 4.39 Å². The normalized spacial score (nSPS) is 24.2. The molecule has 0 aromatic carbocycles. The lowest BCUT2D eigenvalue weighted by Gasteiger charge is -2.16. The Morgan fingerprint density at radius 3 is 2.94 bits per heavy atom. The van der Waals surface area contributed by atoms with Crippen LogP contribution in [0, 0.1) is 5.82 Å². The molecule has 18 heavy (non-hydrogen) atoms. The molecule has 1 aliphatic heterocycles. The highest BCUT2D eigenvalue weighted by Gasteiger charge is 2.34. The van der Waals surface area contributed by atoms with Crippen LogP contribution in [0.3, 0.4) is 0 Å². The van der Waals surface area contributed by atoms with E-state index < -0.39 is 0 Å². The second-order valence-electron chi connectivity index (χ2n) is 5.00. The van der Waals surface area contributed by atoms with Crippen LogP contribution in [0.2, 0.25) is 0 Å². The van der Waals surface area contributed by atoms with E-state index in [0.29, 0.717) is 17.8 Å². The summed E-state index contributed by atoms with van der Waals surface area (Å²) in [4.78, 5) is 10.4. The molecule has 0 bridgehead atoms. The van der Waals surface area contributed by atoms with Crippen LogP contribution in [0.5, 0.6) is 0 Å². The molecule has 1 aromatic heterocycles. The van der Waals surface area contributed by atoms with Gasteiger partial charge in [-0.1, -0.05) is 0 Å². The van der Waals surface area contributed by atoms with Crippen molar-refractivity contribution in [2.45, 2.75) is 31.3 Å². The Morgan fingerprint density at radius 1 is 1.39 bits per heavy atom. The van der Waals surface area contributed by atoms with Gasteiger partial charge in [-0.05, 0) is 19.3 Å². The molecule has 5 nitrogen and oxygen atoms in total. The number of nitrogens with one attached hydrogen (secondary N) is 2. The fourth-order valence-electron chi connectivity index (χ4n) is 2.46. The molecule has 1 saturated heterocycles. The van der Waals surface area contributed by atoms with E-state index in [2.05, 4.69) is 25.5 Å². The van der Waals surface area contributed by atoms with Crippen molar-refractivity contribution in [1.29, 1.82) is 0 Å². The Hall–Kier alpha value is -1.43. The van der Waals surface area contributed by atoms with Gasteiger partial charge in [-0.2, -0.15) is 4.98 Å². The number of anilines is 2. The van der Waals surface area contributed by atoms with Crippen molar-refractivity contribution in [3.8, 4) is 0 Å². The predicted molar refractivity (Wildman–Crippen MR) is 68.2 cm³/mol. The minimum atomic E-state index is -0.390. The smallest absolute Gasteiger partial charge is 0.224 e. The second-order valence-corrected chi connectivity index (χ2v) is 5.00. The van der Waals surface area contributed by atoms with E-state index in [-0.39, 0.29) is 5.82 Å². The third kappa shape index (κ3) is 2.38. The maximum absolute atomic E-state index is 13.6. The van der Waals surface area contributed by atoms with Crippen molar-refractivity contribution in [1.82, 2.24) is 14.9 Å². The number of nitrogens with zero attached hydrogens (tertiary/aromatic N) is 3. The van der Waals surface area contributed by atoms with Crippen LogP contribution in [0.15, 0.2) is 6.20 Å². The topological polar surface area (TPSA) is 53.1 Å². The van der Waals surface area contributed by atoms with E-state index in [0.717, 1.165) is 25.6 Å². The van der Waals surface area contributed by atoms with Gasteiger partial charge >= 0.3 is 0 Å². The number of hydrogen-bond donors (Lipinski definition) is 2. The Bertz CT molecular complexity index is 434. The standard InChI is InChI=1S/C12H18FN5/c1-14-12-15-6-10(13)11(17-12)16-8-4-5-18(7-8)9-2-3-9/h6,8-9H,2-5,7H2,1H3,(H2,14,15,16,17). The van der Waals surface area contributed by atoms with Gasteiger partial charge in [0.05, 0.1) is 6.20 Å². The molecule has 0 spiro atoms. The van der Waals surface area contributed by atoms with Crippen molar-refractivity contribution >= 4 is 11.8 Å². The summed E-state index contributed by atoms with van der Waals surface area (Å²) in [6.45, 7) is 2.09. The van der Waals surface area contributed by atoms with Crippen LogP contribution in [-0.2, 0) is 0 Å². The average Bonchev–Trinajstić information content (AvgIpc) is 3.13. The van der Waals surface area contributed by atoms with Crippen LogP contribution in [0.4, 0.5) is 16.2 Å². The molecule has 1 aliphatic carbocycles. The Balaban J connectivity index is 1.65. The second kappa shape index (κ2) is 4.68. The fraction of sp³-hybridized carbons (Fsp3) is 0.667. The molecule has 0 radical (unpaired) electrons. The van der Waals surface area contributed by atoms with Crippen molar-refractivity contribution in [2.24, 2.45) is 0 Å². The molecule has 1 unspecified atom stereocenters. The summed E-state index contributed by atoms with van der Waals surface area (Å²) in [7, 11) is 1.72. The zero-order valence-corrected chi connectivity index (χ0v) is 10.5. The summed E-state index contributed by atoms with van der Waals surface area (Å²) >= 11 is 0. The van der Waals surface area contributed by atoms with E-state index in [4.69, 9.17) is 0 Å². The average molecular weight is 251 g/mol. The number of rotatable bonds is 4. The summed E-state index contributed by atoms with van der Waals surface area (Å²) in [6.07, 6.45) is 4.89. The summed E-state index contributed by atoms with van der Waals surface area (Å²) < 4.78 is 13.6. The molecule has 2 heterocycles. The minimum absolute atomic E-state index is 0.291. The highest BCUT2D eigenvalue weighted by molar-refractivity contribution is 5.41. The van der Waals surface area contributed by atoms with E-state index in [1.54, 1.807) is 7.05 Å². The molecule has 1 saturated carbocycles. The highest BCUT2D eigenvalue weighted by atomic mass is 19.1. The third-order valence-electron chi connectivity index (χ3n) is 3.59. The number of aromatic nitrogens is 2. The van der Waals surface area contributed by atoms with Gasteiger partial charge in [0.25, 0.3) is 0 Å². The van der Waals surface area contributed by atoms with Gasteiger partial charge in [0.2, 0.25) is 5.95 Å². The van der Waals surface area contributed by atoms with E-state index >= 15 is 0 Å². The lowest BCUT2D eigenvalue weighted by molar-refractivity contribution is 0.326. The molecule has 0 amide bonds. The number of halogens is 1. The van der Waals surface area contributed by atoms with Crippen LogP contribution < -0.4 is 10.6 Å². The highest BCUT2D eigenvalue weighted by Crippen LogP contribution is 2.30. The zero-order chi connectivity index (χ0) is 12.5. The summed E-state index contributed by atoms with van der Waals surface area (Å²) in [5.74, 6) is 0.354. The molecule has 1 atom stereocenters. The maximum Gasteiger partial charge on any atom is 0.224 e. The first-order chi connectivity index (χ1) is 8.76. The molecular formula is C12H18FN5. The maximum atomic E-state index is 13.6. The van der Waals surface area contributed by atoms with E-state index in [1.165, 1.54) is 19.0 Å². The quantitative estimate of drug-likeness (QED) is 0.845. The molecular weight excluding hydrogens is 233 g/mol. The zero-order valence-electron chi connectivity index (χ0n) is 10.5. The fourth-order valence-corrected chi connectivity index (χ4v) is 2.46. The Kier molecular flexibility index (Phi) is 3.03. The lowest BCUT2D eigenvalue weighted by atomic mass is 10.2. The number of hydrogen-bond acceptors (Lipinski definition) is 5. The molecule has 6 heteroatoms. The van der Waals surface area contributed by atoms with Gasteiger partial charge in [0.1, 0.15) is 0 Å². The predicted octanol–water partition coefficient (Wildman–Crippen LogP) is 1.31. The Morgan fingerprint density at radius 2 is 2.22 bits per heavy atom.